The Hall–Kier alpha value is -4.42. The van der Waals surface area contributed by atoms with E-state index >= 15 is 0 Å². The lowest BCUT2D eigenvalue weighted by atomic mass is 9.84. The zero-order valence-corrected chi connectivity index (χ0v) is 32.2. The molecule has 54 heavy (non-hydrogen) atoms. The molecule has 2 amide bonds. The number of sulfonamides is 1. The number of alkyl halides is 3. The molecule has 3 N–H and O–H groups in total. The van der Waals surface area contributed by atoms with E-state index in [0.29, 0.717) is 39.1 Å². The number of hydrogen-bond donors (Lipinski definition) is 3. The fourth-order valence-corrected chi connectivity index (χ4v) is 9.32. The number of thiophene rings is 1. The molecule has 0 aliphatic carbocycles. The standard InChI is InChI=1S/C37H40F3N5O6S3/c1-36(2,3)19-20-45(54(49,50)25-15-16-28-26(21-25)43-44-53-28)27(22-46)29-17-18-30(52-29)33(37(38,39)40)42-34(47)32(41-35(48)51-4)31(23-11-7-5-8-12-23)24-13-9-6-10-14-24/h5-18,21,27,31-33,46H,19-20,22H2,1-4H3,(H,41,48)(H,42,47)/t27-,32+,33-/m1/s1. The van der Waals surface area contributed by atoms with Crippen molar-refractivity contribution < 1.29 is 41.0 Å². The molecule has 5 rings (SSSR count). The lowest BCUT2D eigenvalue weighted by molar-refractivity contribution is -0.163. The molecule has 2 heterocycles. The number of rotatable bonds is 14. The van der Waals surface area contributed by atoms with Crippen LogP contribution >= 0.6 is 22.9 Å². The van der Waals surface area contributed by atoms with Crippen LogP contribution < -0.4 is 10.6 Å². The Labute approximate surface area is 319 Å². The number of ether oxygens (including phenoxy) is 1. The van der Waals surface area contributed by atoms with E-state index in [1.54, 1.807) is 66.7 Å². The Morgan fingerprint density at radius 2 is 1.52 bits per heavy atom. The maximum atomic E-state index is 14.9. The molecule has 0 radical (unpaired) electrons. The minimum absolute atomic E-state index is 0.0572. The van der Waals surface area contributed by atoms with Gasteiger partial charge in [-0.05, 0) is 64.8 Å². The summed E-state index contributed by atoms with van der Waals surface area (Å²) in [6.07, 6.45) is -5.69. The topological polar surface area (TPSA) is 151 Å². The van der Waals surface area contributed by atoms with E-state index in [9.17, 15) is 36.3 Å². The van der Waals surface area contributed by atoms with Crippen molar-refractivity contribution in [1.82, 2.24) is 24.5 Å². The number of aliphatic hydroxyl groups is 1. The van der Waals surface area contributed by atoms with Crippen molar-refractivity contribution >= 4 is 55.1 Å². The first-order valence-electron chi connectivity index (χ1n) is 16.8. The SMILES string of the molecule is COC(=O)N[C@H](C(=O)N[C@H](c1ccc([C@@H](CO)N(CCC(C)(C)C)S(=O)(=O)c2ccc3snnc3c2)s1)C(F)(F)F)C(c1ccccc1)c1ccccc1. The minimum atomic E-state index is -5.02. The first kappa shape index (κ1) is 40.8. The quantitative estimate of drug-likeness (QED) is 0.107. The predicted molar refractivity (Wildman–Crippen MR) is 201 cm³/mol. The number of nitrogens with one attached hydrogen (secondary N) is 2. The van der Waals surface area contributed by atoms with Gasteiger partial charge in [-0.15, -0.1) is 16.4 Å². The molecule has 5 aromatic rings. The van der Waals surface area contributed by atoms with Crippen LogP contribution in [0.3, 0.4) is 0 Å². The van der Waals surface area contributed by atoms with Crippen molar-refractivity contribution in [3.8, 4) is 0 Å². The monoisotopic (exact) mass is 803 g/mol. The maximum Gasteiger partial charge on any atom is 0.413 e. The average Bonchev–Trinajstić information content (AvgIpc) is 3.81. The summed E-state index contributed by atoms with van der Waals surface area (Å²) in [6, 6.07) is 18.6. The van der Waals surface area contributed by atoms with Gasteiger partial charge in [0.15, 0.2) is 6.04 Å². The van der Waals surface area contributed by atoms with Crippen LogP contribution in [0.25, 0.3) is 10.2 Å². The Kier molecular flexibility index (Phi) is 12.8. The van der Waals surface area contributed by atoms with Gasteiger partial charge in [-0.2, -0.15) is 17.5 Å². The van der Waals surface area contributed by atoms with Crippen LogP contribution in [0, 0.1) is 5.41 Å². The third-order valence-corrected chi connectivity index (χ3v) is 12.6. The molecular weight excluding hydrogens is 764 g/mol. The van der Waals surface area contributed by atoms with Crippen LogP contribution in [-0.2, 0) is 19.6 Å². The number of methoxy groups -OCH3 is 1. The van der Waals surface area contributed by atoms with E-state index in [1.165, 1.54) is 18.2 Å². The van der Waals surface area contributed by atoms with E-state index in [4.69, 9.17) is 4.74 Å². The van der Waals surface area contributed by atoms with Gasteiger partial charge in [-0.1, -0.05) is 85.9 Å². The largest absolute Gasteiger partial charge is 0.453 e. The number of aromatic nitrogens is 2. The van der Waals surface area contributed by atoms with Crippen molar-refractivity contribution in [3.05, 3.63) is 112 Å². The molecule has 0 bridgehead atoms. The van der Waals surface area contributed by atoms with Gasteiger partial charge in [0.25, 0.3) is 0 Å². The van der Waals surface area contributed by atoms with Crippen LogP contribution in [0.15, 0.2) is 95.9 Å². The molecule has 17 heteroatoms. The Morgan fingerprint density at radius 1 is 0.907 bits per heavy atom. The summed E-state index contributed by atoms with van der Waals surface area (Å²) in [4.78, 5) is 26.3. The highest BCUT2D eigenvalue weighted by atomic mass is 32.2. The summed E-state index contributed by atoms with van der Waals surface area (Å²) >= 11 is 1.71. The molecule has 3 aromatic carbocycles. The lowest BCUT2D eigenvalue weighted by Crippen LogP contribution is -2.52. The van der Waals surface area contributed by atoms with Crippen molar-refractivity contribution in [3.63, 3.8) is 0 Å². The molecule has 0 spiro atoms. The van der Waals surface area contributed by atoms with Crippen molar-refractivity contribution in [2.45, 2.75) is 62.3 Å². The van der Waals surface area contributed by atoms with Gasteiger partial charge < -0.3 is 20.5 Å². The second-order valence-electron chi connectivity index (χ2n) is 13.7. The van der Waals surface area contributed by atoms with Gasteiger partial charge in [-0.3, -0.25) is 4.79 Å². The highest BCUT2D eigenvalue weighted by molar-refractivity contribution is 7.89. The molecule has 0 aliphatic rings. The van der Waals surface area contributed by atoms with E-state index < -0.39 is 58.9 Å². The fourth-order valence-electron chi connectivity index (χ4n) is 5.90. The van der Waals surface area contributed by atoms with E-state index in [-0.39, 0.29) is 26.6 Å². The van der Waals surface area contributed by atoms with Crippen molar-refractivity contribution in [2.24, 2.45) is 5.41 Å². The van der Waals surface area contributed by atoms with Gasteiger partial charge >= 0.3 is 12.3 Å². The zero-order valence-electron chi connectivity index (χ0n) is 29.8. The molecule has 2 aromatic heterocycles. The van der Waals surface area contributed by atoms with Crippen LogP contribution in [0.5, 0.6) is 0 Å². The fraction of sp³-hybridized carbons (Fsp3) is 0.351. The van der Waals surface area contributed by atoms with E-state index in [0.717, 1.165) is 29.0 Å². The van der Waals surface area contributed by atoms with Crippen molar-refractivity contribution in [2.75, 3.05) is 20.3 Å². The Bertz CT molecular complexity index is 2100. The minimum Gasteiger partial charge on any atom is -0.453 e. The molecule has 0 unspecified atom stereocenters. The third-order valence-electron chi connectivity index (χ3n) is 8.69. The number of carbonyl (C=O) groups is 2. The summed E-state index contributed by atoms with van der Waals surface area (Å²) in [7, 11) is -3.25. The number of benzene rings is 3. The number of alkyl carbamates (subject to hydrolysis) is 1. The van der Waals surface area contributed by atoms with E-state index in [1.807, 2.05) is 20.8 Å². The highest BCUT2D eigenvalue weighted by Gasteiger charge is 2.46. The number of carbonyl (C=O) groups excluding carboxylic acids is 2. The summed E-state index contributed by atoms with van der Waals surface area (Å²) in [5.74, 6) is -2.06. The molecule has 0 saturated heterocycles. The molecule has 288 valence electrons. The number of halogens is 3. The maximum absolute atomic E-state index is 14.9. The van der Waals surface area contributed by atoms with Gasteiger partial charge in [0.2, 0.25) is 15.9 Å². The molecular formula is C37H40F3N5O6S3. The summed E-state index contributed by atoms with van der Waals surface area (Å²) < 4.78 is 83.6. The molecule has 0 saturated carbocycles. The summed E-state index contributed by atoms with van der Waals surface area (Å²) in [6.45, 7) is 4.95. The van der Waals surface area contributed by atoms with Crippen LogP contribution in [0.1, 0.15) is 66.1 Å². The normalized spacial score (nSPS) is 14.2. The average molecular weight is 804 g/mol. The second kappa shape index (κ2) is 16.9. The van der Waals surface area contributed by atoms with Crippen molar-refractivity contribution in [1.29, 1.82) is 0 Å². The van der Waals surface area contributed by atoms with Crippen LogP contribution in [-0.4, -0.2) is 71.9 Å². The number of nitrogens with zero attached hydrogens (tertiary/aromatic N) is 3. The number of amides is 2. The summed E-state index contributed by atoms with van der Waals surface area (Å²) in [5.41, 5.74) is 1.13. The Balaban J connectivity index is 1.52. The lowest BCUT2D eigenvalue weighted by Gasteiger charge is -2.32. The van der Waals surface area contributed by atoms with Gasteiger partial charge in [0.1, 0.15) is 11.6 Å². The van der Waals surface area contributed by atoms with E-state index in [2.05, 4.69) is 20.2 Å². The third kappa shape index (κ3) is 9.62. The number of aliphatic hydroxyl groups excluding tert-OH is 1. The van der Waals surface area contributed by atoms with Gasteiger partial charge in [0.05, 0.1) is 29.4 Å². The Morgan fingerprint density at radius 3 is 2.07 bits per heavy atom. The predicted octanol–water partition coefficient (Wildman–Crippen LogP) is 7.19. The number of fused-ring (bicyclic) bond motifs is 1. The van der Waals surface area contributed by atoms with Gasteiger partial charge in [-0.25, -0.2) is 13.2 Å². The second-order valence-corrected chi connectivity index (χ2v) is 17.5. The molecule has 11 nitrogen and oxygen atoms in total. The summed E-state index contributed by atoms with van der Waals surface area (Å²) in [5, 5.41) is 19.2. The molecule has 0 fully saturated rings. The zero-order chi connectivity index (χ0) is 39.3. The smallest absolute Gasteiger partial charge is 0.413 e. The molecule has 0 aliphatic heterocycles. The first-order chi connectivity index (χ1) is 25.5. The van der Waals surface area contributed by atoms with Crippen LogP contribution in [0.4, 0.5) is 18.0 Å². The van der Waals surface area contributed by atoms with Crippen LogP contribution in [0.2, 0.25) is 0 Å². The van der Waals surface area contributed by atoms with Gasteiger partial charge in [0, 0.05) is 22.2 Å². The first-order valence-corrected chi connectivity index (χ1v) is 19.8. The number of hydrogen-bond acceptors (Lipinski definition) is 10. The molecule has 3 atom stereocenters. The highest BCUT2D eigenvalue weighted by Crippen LogP contribution is 2.41.